The third-order valence-corrected chi connectivity index (χ3v) is 6.36. The van der Waals surface area contributed by atoms with Gasteiger partial charge in [0.2, 0.25) is 0 Å². The van der Waals surface area contributed by atoms with Gasteiger partial charge in [0.1, 0.15) is 0 Å². The Hall–Kier alpha value is 2.14. The Morgan fingerprint density at radius 2 is 1.30 bits per heavy atom. The Morgan fingerprint density at radius 3 is 1.60 bits per heavy atom. The maximum Gasteiger partial charge on any atom is 0.0354 e. The molecule has 0 amide bonds. The lowest BCUT2D eigenvalue weighted by Gasteiger charge is -1.98. The predicted octanol–water partition coefficient (Wildman–Crippen LogP) is 3.91. The monoisotopic (exact) mass is 581 g/mol. The van der Waals surface area contributed by atoms with Gasteiger partial charge in [-0.3, -0.25) is 0 Å². The molecule has 0 fully saturated rings. The zero-order chi connectivity index (χ0) is 7.72. The van der Waals surface area contributed by atoms with Gasteiger partial charge < -0.3 is 0 Å². The van der Waals surface area contributed by atoms with Crippen LogP contribution in [0.2, 0.25) is 0 Å². The van der Waals surface area contributed by atoms with E-state index in [1.165, 1.54) is 14.3 Å². The third-order valence-electron chi connectivity index (χ3n) is 0.892. The first-order valence-electron chi connectivity index (χ1n) is 2.33. The summed E-state index contributed by atoms with van der Waals surface area (Å²) in [6.45, 7) is 0. The molecule has 0 saturated carbocycles. The molecule has 0 aliphatic rings. The second-order valence-corrected chi connectivity index (χ2v) is 6.08. The highest BCUT2D eigenvalue weighted by Crippen LogP contribution is 2.22. The molecule has 0 spiro atoms. The van der Waals surface area contributed by atoms with E-state index in [9.17, 15) is 0 Å². The largest absolute Gasteiger partial charge is 0.0431 e. The van der Waals surface area contributed by atoms with Crippen molar-refractivity contribution < 1.29 is 0 Å². The van der Waals surface area contributed by atoms with Crippen LogP contribution in [0.4, 0.5) is 0 Å². The summed E-state index contributed by atoms with van der Waals surface area (Å²) in [5.74, 6) is 0. The van der Waals surface area contributed by atoms with Gasteiger partial charge in [-0.1, -0.05) is 0 Å². The van der Waals surface area contributed by atoms with Crippen molar-refractivity contribution >= 4 is 90.4 Å². The van der Waals surface area contributed by atoms with E-state index in [0.29, 0.717) is 0 Å². The first-order valence-corrected chi connectivity index (χ1v) is 6.65. The van der Waals surface area contributed by atoms with Crippen LogP contribution in [0.1, 0.15) is 0 Å². The fourth-order valence-electron chi connectivity index (χ4n) is 0.454. The van der Waals surface area contributed by atoms with E-state index in [0.717, 1.165) is 0 Å². The molecule has 0 atom stereocenters. The Balaban J connectivity index is 3.28. The summed E-state index contributed by atoms with van der Waals surface area (Å²) in [6, 6.07) is 5.43. The number of hydrogen-bond acceptors (Lipinski definition) is 0. The molecule has 0 nitrogen and oxygen atoms in total. The van der Waals surface area contributed by atoms with Crippen molar-refractivity contribution in [1.82, 2.24) is 0 Å². The first-order chi connectivity index (χ1) is 4.61. The maximum atomic E-state index is 3.27. The van der Waals surface area contributed by atoms with Gasteiger partial charge in [0, 0.05) is 20.3 Å². The molecule has 1 aromatic carbocycles. The highest BCUT2D eigenvalue weighted by Gasteiger charge is 2.01. The topological polar surface area (TPSA) is 0 Å². The fraction of sp³-hybridized carbons (Fsp3) is 0. The van der Waals surface area contributed by atoms with Gasteiger partial charge in [0.15, 0.2) is 0 Å². The van der Waals surface area contributed by atoms with Gasteiger partial charge >= 0.3 is 0 Å². The molecule has 1 radical (unpaired) electrons. The molecule has 0 saturated heterocycles. The van der Waals surface area contributed by atoms with Crippen LogP contribution < -0.4 is 0 Å². The predicted molar refractivity (Wildman–Crippen MR) is 76.1 cm³/mol. The van der Waals surface area contributed by atoms with Crippen molar-refractivity contribution in [2.75, 3.05) is 0 Å². The van der Waals surface area contributed by atoms with Gasteiger partial charge in [0.25, 0.3) is 0 Å². The molecule has 0 aromatic heterocycles. The Bertz CT molecular complexity index is 206. The van der Waals surface area contributed by atoms with E-state index < -0.39 is 0 Å². The first kappa shape index (κ1) is 10.2. The molecule has 0 aliphatic carbocycles. The van der Waals surface area contributed by atoms with Crippen LogP contribution in [0.25, 0.3) is 0 Å². The minimum Gasteiger partial charge on any atom is -0.0431 e. The van der Waals surface area contributed by atoms with Crippen LogP contribution in [0.3, 0.4) is 0 Å². The van der Waals surface area contributed by atoms with Crippen molar-refractivity contribution in [3.8, 4) is 0 Å². The third kappa shape index (κ3) is 2.57. The number of hydrogen-bond donors (Lipinski definition) is 0. The molecule has 10 heavy (non-hydrogen) atoms. The summed E-state index contributed by atoms with van der Waals surface area (Å²) in [6.07, 6.45) is 0. The van der Waals surface area contributed by atoms with Crippen LogP contribution in [-0.2, 0) is 0 Å². The van der Waals surface area contributed by atoms with Crippen molar-refractivity contribution in [1.29, 1.82) is 0 Å². The van der Waals surface area contributed by atoms with Gasteiger partial charge in [-0.2, -0.15) is 0 Å². The van der Waals surface area contributed by atoms with Crippen LogP contribution in [-0.4, -0.2) is 0 Å². The smallest absolute Gasteiger partial charge is 0.0354 e. The number of halogens is 4. The van der Waals surface area contributed by atoms with E-state index in [1.807, 2.05) is 0 Å². The van der Waals surface area contributed by atoms with Crippen LogP contribution in [0.15, 0.2) is 6.07 Å². The van der Waals surface area contributed by atoms with Crippen molar-refractivity contribution in [2.24, 2.45) is 0 Å². The summed E-state index contributed by atoms with van der Waals surface area (Å²) in [4.78, 5) is 0. The highest BCUT2D eigenvalue weighted by atomic mass is 127. The van der Waals surface area contributed by atoms with Gasteiger partial charge in [-0.15, -0.1) is 0 Å². The Morgan fingerprint density at radius 1 is 0.900 bits per heavy atom. The fourth-order valence-corrected chi connectivity index (χ4v) is 3.31. The van der Waals surface area contributed by atoms with E-state index in [-0.39, 0.29) is 0 Å². The van der Waals surface area contributed by atoms with Crippen LogP contribution >= 0.6 is 90.4 Å². The molecule has 0 N–H and O–H groups in total. The van der Waals surface area contributed by atoms with E-state index in [2.05, 4.69) is 102 Å². The lowest BCUT2D eigenvalue weighted by molar-refractivity contribution is 1.48. The Kier molecular flexibility index (Phi) is 4.49. The normalized spacial score (nSPS) is 10.0. The minimum atomic E-state index is 1.21. The highest BCUT2D eigenvalue weighted by molar-refractivity contribution is 14.1. The number of benzene rings is 1. The molecule has 53 valence electrons. The summed E-state index contributed by atoms with van der Waals surface area (Å²) in [7, 11) is 0. The number of rotatable bonds is 0. The molecule has 0 unspecified atom stereocenters. The molecule has 4 heteroatoms. The molecule has 0 bridgehead atoms. The lowest BCUT2D eigenvalue weighted by Crippen LogP contribution is -1.86. The molecular formula is C6HI4. The molecule has 1 aromatic rings. The van der Waals surface area contributed by atoms with Crippen molar-refractivity contribution in [2.45, 2.75) is 0 Å². The van der Waals surface area contributed by atoms with Crippen LogP contribution in [0.5, 0.6) is 0 Å². The second-order valence-electron chi connectivity index (χ2n) is 1.59. The molecule has 1 rings (SSSR count). The molecule has 0 heterocycles. The zero-order valence-electron chi connectivity index (χ0n) is 4.59. The average molecular weight is 581 g/mol. The van der Waals surface area contributed by atoms with Crippen molar-refractivity contribution in [3.05, 3.63) is 26.4 Å². The van der Waals surface area contributed by atoms with E-state index in [1.54, 1.807) is 0 Å². The summed E-state index contributed by atoms with van der Waals surface area (Å²) in [5, 5.41) is 0. The van der Waals surface area contributed by atoms with Crippen LogP contribution in [0, 0.1) is 20.3 Å². The second kappa shape index (κ2) is 4.40. The SMILES string of the molecule is Ic1[c]c(I)c(I)cc1I. The summed E-state index contributed by atoms with van der Waals surface area (Å²) < 4.78 is 4.98. The van der Waals surface area contributed by atoms with Gasteiger partial charge in [-0.25, -0.2) is 0 Å². The maximum absolute atomic E-state index is 3.27. The van der Waals surface area contributed by atoms with E-state index in [4.69, 9.17) is 0 Å². The van der Waals surface area contributed by atoms with Crippen molar-refractivity contribution in [3.63, 3.8) is 0 Å². The molecule has 0 aliphatic heterocycles. The zero-order valence-corrected chi connectivity index (χ0v) is 13.2. The minimum absolute atomic E-state index is 1.21. The van der Waals surface area contributed by atoms with Gasteiger partial charge in [-0.05, 0) is 96.4 Å². The molecular weight excluding hydrogens is 580 g/mol. The van der Waals surface area contributed by atoms with Gasteiger partial charge in [0.05, 0.1) is 0 Å². The summed E-state index contributed by atoms with van der Waals surface area (Å²) in [5.41, 5.74) is 0. The quantitative estimate of drug-likeness (QED) is 0.323. The Labute approximate surface area is 114 Å². The summed E-state index contributed by atoms with van der Waals surface area (Å²) >= 11 is 9.23. The van der Waals surface area contributed by atoms with E-state index >= 15 is 0 Å². The average Bonchev–Trinajstić information content (AvgIpc) is 1.84. The standard InChI is InChI=1S/C6HI4/c7-3-1-4(8)6(10)2-5(3)9/h1H. The lowest BCUT2D eigenvalue weighted by atomic mass is 10.4.